The minimum absolute atomic E-state index is 0.0874. The fourth-order valence-corrected chi connectivity index (χ4v) is 4.36. The summed E-state index contributed by atoms with van der Waals surface area (Å²) in [4.78, 5) is 28.6. The van der Waals surface area contributed by atoms with E-state index in [1.165, 1.54) is 11.0 Å². The maximum absolute atomic E-state index is 13.1. The van der Waals surface area contributed by atoms with Crippen LogP contribution in [-0.4, -0.2) is 74.5 Å². The first-order valence-electron chi connectivity index (χ1n) is 9.83. The highest BCUT2D eigenvalue weighted by atomic mass is 32.2. The number of nitrogens with one attached hydrogen (secondary N) is 1. The zero-order chi connectivity index (χ0) is 22.0. The van der Waals surface area contributed by atoms with Crippen molar-refractivity contribution in [2.75, 3.05) is 43.9 Å². The number of amides is 2. The second kappa shape index (κ2) is 8.42. The number of anilines is 1. The van der Waals surface area contributed by atoms with Crippen LogP contribution in [0.25, 0.3) is 0 Å². The lowest BCUT2D eigenvalue weighted by molar-refractivity contribution is -0.130. The number of carbonyl (C=O) groups excluding carboxylic acids is 2. The molecule has 3 aliphatic heterocycles. The quantitative estimate of drug-likeness (QED) is 0.709. The Morgan fingerprint density at radius 2 is 2.00 bits per heavy atom. The Labute approximate surface area is 179 Å². The fraction of sp³-hybridized carbons (Fsp3) is 0.350. The Bertz CT molecular complexity index is 1110. The molecule has 0 bridgehead atoms. The molecule has 0 aliphatic carbocycles. The molecule has 0 saturated heterocycles. The maximum Gasteiger partial charge on any atom is 0.258 e. The van der Waals surface area contributed by atoms with Crippen LogP contribution in [0.5, 0.6) is 11.5 Å². The van der Waals surface area contributed by atoms with Crippen molar-refractivity contribution in [3.05, 3.63) is 42.1 Å². The van der Waals surface area contributed by atoms with Crippen LogP contribution in [0, 0.1) is 0 Å². The monoisotopic (exact) mass is 446 g/mol. The molecule has 31 heavy (non-hydrogen) atoms. The first kappa shape index (κ1) is 20.9. The van der Waals surface area contributed by atoms with E-state index >= 15 is 0 Å². The molecule has 3 aliphatic rings. The largest absolute Gasteiger partial charge is 0.486 e. The fourth-order valence-electron chi connectivity index (χ4n) is 3.38. The summed E-state index contributed by atoms with van der Waals surface area (Å²) in [6.07, 6.45) is 4.85. The number of sulfonamides is 1. The third kappa shape index (κ3) is 4.55. The van der Waals surface area contributed by atoms with Gasteiger partial charge in [0.25, 0.3) is 15.9 Å². The zero-order valence-electron chi connectivity index (χ0n) is 16.9. The number of hydrogen-bond donors (Lipinski definition) is 1. The summed E-state index contributed by atoms with van der Waals surface area (Å²) in [6, 6.07) is 5.07. The molecule has 0 spiro atoms. The molecule has 4 rings (SSSR count). The minimum atomic E-state index is -3.62. The third-order valence-corrected chi connectivity index (χ3v) is 6.07. The molecule has 164 valence electrons. The van der Waals surface area contributed by atoms with E-state index in [1.807, 2.05) is 0 Å². The van der Waals surface area contributed by atoms with E-state index < -0.39 is 21.8 Å². The van der Waals surface area contributed by atoms with Gasteiger partial charge in [0, 0.05) is 31.0 Å². The Morgan fingerprint density at radius 3 is 2.77 bits per heavy atom. The van der Waals surface area contributed by atoms with E-state index in [9.17, 15) is 18.0 Å². The third-order valence-electron chi connectivity index (χ3n) is 4.92. The number of ether oxygens (including phenoxy) is 2. The molecule has 1 aromatic rings. The summed E-state index contributed by atoms with van der Waals surface area (Å²) in [7, 11) is -3.62. The molecule has 0 aromatic heterocycles. The van der Waals surface area contributed by atoms with Gasteiger partial charge in [-0.3, -0.25) is 9.59 Å². The van der Waals surface area contributed by atoms with Gasteiger partial charge in [-0.15, -0.1) is 4.40 Å². The van der Waals surface area contributed by atoms with Crippen molar-refractivity contribution < 1.29 is 27.5 Å². The average Bonchev–Trinajstić information content (AvgIpc) is 2.76. The average molecular weight is 446 g/mol. The second-order valence-electron chi connectivity index (χ2n) is 7.04. The molecular formula is C20H22N4O6S. The van der Waals surface area contributed by atoms with Crippen LogP contribution in [0.4, 0.5) is 5.69 Å². The van der Waals surface area contributed by atoms with E-state index in [1.54, 1.807) is 42.3 Å². The van der Waals surface area contributed by atoms with Gasteiger partial charge in [0.1, 0.15) is 19.8 Å². The summed E-state index contributed by atoms with van der Waals surface area (Å²) in [5.41, 5.74) is 0.659. The van der Waals surface area contributed by atoms with Gasteiger partial charge in [0.05, 0.1) is 11.3 Å². The van der Waals surface area contributed by atoms with Crippen LogP contribution in [0.3, 0.4) is 0 Å². The lowest BCUT2D eigenvalue weighted by atomic mass is 10.1. The number of fused-ring (bicyclic) bond motifs is 2. The minimum Gasteiger partial charge on any atom is -0.486 e. The molecule has 3 heterocycles. The van der Waals surface area contributed by atoms with Crippen LogP contribution in [0.15, 0.2) is 46.5 Å². The molecule has 10 nitrogen and oxygen atoms in total. The maximum atomic E-state index is 13.1. The van der Waals surface area contributed by atoms with Crippen molar-refractivity contribution in [3.63, 3.8) is 0 Å². The zero-order valence-corrected chi connectivity index (χ0v) is 17.7. The van der Waals surface area contributed by atoms with Crippen LogP contribution >= 0.6 is 0 Å². The van der Waals surface area contributed by atoms with Crippen LogP contribution in [0.1, 0.15) is 6.92 Å². The first-order chi connectivity index (χ1) is 14.9. The smallest absolute Gasteiger partial charge is 0.258 e. The number of likely N-dealkylation sites (N-methyl/N-ethyl adjacent to an activating group) is 1. The van der Waals surface area contributed by atoms with Gasteiger partial charge in [-0.2, -0.15) is 0 Å². The summed E-state index contributed by atoms with van der Waals surface area (Å²) in [5.74, 6) is 0.267. The van der Waals surface area contributed by atoms with E-state index in [0.29, 0.717) is 30.4 Å². The van der Waals surface area contributed by atoms with E-state index in [-0.39, 0.29) is 36.8 Å². The Kier molecular flexibility index (Phi) is 5.68. The summed E-state index contributed by atoms with van der Waals surface area (Å²) in [6.45, 7) is 2.92. The van der Waals surface area contributed by atoms with Crippen molar-refractivity contribution in [2.24, 2.45) is 4.40 Å². The molecule has 0 unspecified atom stereocenters. The van der Waals surface area contributed by atoms with Crippen LogP contribution in [-0.2, 0) is 19.6 Å². The highest BCUT2D eigenvalue weighted by Crippen LogP contribution is 2.32. The van der Waals surface area contributed by atoms with Gasteiger partial charge >= 0.3 is 0 Å². The van der Waals surface area contributed by atoms with E-state index in [4.69, 9.17) is 9.47 Å². The Balaban J connectivity index is 1.47. The summed E-state index contributed by atoms with van der Waals surface area (Å²) >= 11 is 0. The highest BCUT2D eigenvalue weighted by Gasteiger charge is 2.32. The molecule has 1 N–H and O–H groups in total. The van der Waals surface area contributed by atoms with Crippen molar-refractivity contribution in [1.82, 2.24) is 9.80 Å². The first-order valence-corrected chi connectivity index (χ1v) is 11.4. The van der Waals surface area contributed by atoms with Gasteiger partial charge in [0.15, 0.2) is 17.3 Å². The number of hydrogen-bond acceptors (Lipinski definition) is 7. The molecule has 0 atom stereocenters. The molecular weight excluding hydrogens is 424 g/mol. The number of carbonyl (C=O) groups is 2. The predicted molar refractivity (Wildman–Crippen MR) is 113 cm³/mol. The molecule has 1 aromatic carbocycles. The number of allylic oxidation sites excluding steroid dienone is 2. The van der Waals surface area contributed by atoms with E-state index in [2.05, 4.69) is 9.71 Å². The van der Waals surface area contributed by atoms with Crippen molar-refractivity contribution in [2.45, 2.75) is 6.92 Å². The Morgan fingerprint density at radius 1 is 1.23 bits per heavy atom. The van der Waals surface area contributed by atoms with Crippen molar-refractivity contribution >= 4 is 33.4 Å². The van der Waals surface area contributed by atoms with Crippen molar-refractivity contribution in [3.8, 4) is 11.5 Å². The topological polar surface area (TPSA) is 118 Å². The summed E-state index contributed by atoms with van der Waals surface area (Å²) < 4.78 is 38.6. The molecule has 0 radical (unpaired) electrons. The van der Waals surface area contributed by atoms with Crippen LogP contribution in [0.2, 0.25) is 0 Å². The van der Waals surface area contributed by atoms with Gasteiger partial charge in [-0.1, -0.05) is 0 Å². The standard InChI is InChI=1S/C20H22N4O6S/c1-2-23(13-18(25)21-14-5-6-16-17(12-14)30-10-9-29-16)20(26)15-4-3-7-24-8-11-31(27,28)22-19(15)24/h3-7,12H,2,8-11,13H2,1H3,(H,21,25). The number of benzene rings is 1. The second-order valence-corrected chi connectivity index (χ2v) is 8.80. The summed E-state index contributed by atoms with van der Waals surface area (Å²) in [5, 5.41) is 2.75. The Hall–Kier alpha value is -3.34. The highest BCUT2D eigenvalue weighted by molar-refractivity contribution is 7.90. The van der Waals surface area contributed by atoms with Crippen molar-refractivity contribution in [1.29, 1.82) is 0 Å². The van der Waals surface area contributed by atoms with Gasteiger partial charge in [-0.25, -0.2) is 8.42 Å². The molecule has 0 saturated carbocycles. The molecule has 2 amide bonds. The van der Waals surface area contributed by atoms with Gasteiger partial charge in [-0.05, 0) is 31.2 Å². The molecule has 0 fully saturated rings. The lowest BCUT2D eigenvalue weighted by Gasteiger charge is -2.30. The molecule has 11 heteroatoms. The number of amidine groups is 1. The van der Waals surface area contributed by atoms with Crippen LogP contribution < -0.4 is 14.8 Å². The normalized spacial score (nSPS) is 18.4. The SMILES string of the molecule is CCN(CC(=O)Nc1ccc2c(c1)OCCO2)C(=O)C1=CC=CN2CCS(=O)(=O)N=C12. The number of rotatable bonds is 5. The van der Waals surface area contributed by atoms with Gasteiger partial charge in [0.2, 0.25) is 5.91 Å². The predicted octanol–water partition coefficient (Wildman–Crippen LogP) is 0.742. The number of nitrogens with zero attached hydrogens (tertiary/aromatic N) is 3. The lowest BCUT2D eigenvalue weighted by Crippen LogP contribution is -2.45. The van der Waals surface area contributed by atoms with E-state index in [0.717, 1.165) is 0 Å². The van der Waals surface area contributed by atoms with Gasteiger partial charge < -0.3 is 24.6 Å².